The van der Waals surface area contributed by atoms with E-state index < -0.39 is 11.4 Å². The van der Waals surface area contributed by atoms with Gasteiger partial charge in [0.25, 0.3) is 11.5 Å². The molecule has 1 aliphatic rings. The fraction of sp³-hybridized carbons (Fsp3) is 0.214. The second-order valence-corrected chi connectivity index (χ2v) is 8.80. The highest BCUT2D eigenvalue weighted by molar-refractivity contribution is 6.08. The predicted octanol–water partition coefficient (Wildman–Crippen LogP) is 5.63. The van der Waals surface area contributed by atoms with Crippen molar-refractivity contribution >= 4 is 16.7 Å². The van der Waals surface area contributed by atoms with Gasteiger partial charge in [-0.2, -0.15) is 0 Å². The molecule has 4 nitrogen and oxygen atoms in total. The minimum Gasteiger partial charge on any atom is -0.345 e. The van der Waals surface area contributed by atoms with Gasteiger partial charge in [-0.05, 0) is 56.4 Å². The van der Waals surface area contributed by atoms with E-state index in [4.69, 9.17) is 0 Å². The van der Waals surface area contributed by atoms with Crippen molar-refractivity contribution < 1.29 is 9.18 Å². The van der Waals surface area contributed by atoms with Crippen LogP contribution in [-0.4, -0.2) is 10.5 Å². The first kappa shape index (κ1) is 21.1. The van der Waals surface area contributed by atoms with Gasteiger partial charge in [0.1, 0.15) is 5.82 Å². The third-order valence-electron chi connectivity index (χ3n) is 6.42. The van der Waals surface area contributed by atoms with Gasteiger partial charge in [0.15, 0.2) is 0 Å². The van der Waals surface area contributed by atoms with Crippen LogP contribution < -0.4 is 10.9 Å². The van der Waals surface area contributed by atoms with E-state index in [1.165, 1.54) is 10.6 Å². The zero-order valence-electron chi connectivity index (χ0n) is 18.6. The number of para-hydroxylation sites is 1. The molecule has 0 bridgehead atoms. The van der Waals surface area contributed by atoms with Crippen LogP contribution in [0.1, 0.15) is 46.1 Å². The lowest BCUT2D eigenvalue weighted by Gasteiger charge is -2.22. The van der Waals surface area contributed by atoms with Gasteiger partial charge in [-0.25, -0.2) is 4.39 Å². The Bertz CT molecular complexity index is 1420. The molecule has 1 aromatic heterocycles. The number of halogens is 1. The fourth-order valence-electron chi connectivity index (χ4n) is 4.68. The summed E-state index contributed by atoms with van der Waals surface area (Å²) in [7, 11) is 0. The maximum absolute atomic E-state index is 14.9. The molecule has 1 heterocycles. The van der Waals surface area contributed by atoms with Crippen LogP contribution in [0.5, 0.6) is 0 Å². The second-order valence-electron chi connectivity index (χ2n) is 8.80. The summed E-state index contributed by atoms with van der Waals surface area (Å²) < 4.78 is 16.3. The predicted molar refractivity (Wildman–Crippen MR) is 128 cm³/mol. The van der Waals surface area contributed by atoms with Crippen molar-refractivity contribution in [3.05, 3.63) is 111 Å². The highest BCUT2D eigenvalue weighted by Crippen LogP contribution is 2.41. The number of hydrogen-bond acceptors (Lipinski definition) is 2. The van der Waals surface area contributed by atoms with Gasteiger partial charge in [-0.15, -0.1) is 0 Å². The standard InChI is InChI=1S/C28H25FN2O2/c1-17-8-6-9-20(16-17)26(19-14-15-19)30-27(32)24-18(2)31(21-10-4-3-5-11-21)28(33)25-22(24)12-7-13-23(25)29/h3-13,16,19,26H,14-15H2,1-2H3,(H,30,32)/t26-/m0/s1. The smallest absolute Gasteiger partial charge is 0.266 e. The molecule has 1 atom stereocenters. The molecule has 0 spiro atoms. The third kappa shape index (κ3) is 3.84. The molecule has 4 aromatic rings. The normalized spacial score (nSPS) is 14.3. The Morgan fingerprint density at radius 3 is 2.42 bits per heavy atom. The van der Waals surface area contributed by atoms with E-state index in [1.807, 2.05) is 43.3 Å². The topological polar surface area (TPSA) is 51.1 Å². The molecule has 1 saturated carbocycles. The quantitative estimate of drug-likeness (QED) is 0.437. The number of nitrogens with zero attached hydrogens (tertiary/aromatic N) is 1. The van der Waals surface area contributed by atoms with Crippen LogP contribution in [0.3, 0.4) is 0 Å². The number of carbonyl (C=O) groups excluding carboxylic acids is 1. The highest BCUT2D eigenvalue weighted by Gasteiger charge is 2.34. The van der Waals surface area contributed by atoms with Crippen molar-refractivity contribution in [1.29, 1.82) is 0 Å². The Morgan fingerprint density at radius 2 is 1.73 bits per heavy atom. The zero-order chi connectivity index (χ0) is 23.1. The summed E-state index contributed by atoms with van der Waals surface area (Å²) in [5.41, 5.74) is 3.13. The molecule has 5 rings (SSSR count). The molecule has 3 aromatic carbocycles. The Labute approximate surface area is 191 Å². The van der Waals surface area contributed by atoms with Crippen LogP contribution in [0.4, 0.5) is 4.39 Å². The SMILES string of the molecule is Cc1cccc([C@@H](NC(=O)c2c(C)n(-c3ccccc3)c(=O)c3c(F)cccc23)C2CC2)c1. The van der Waals surface area contributed by atoms with E-state index in [-0.39, 0.29) is 17.3 Å². The molecule has 33 heavy (non-hydrogen) atoms. The maximum Gasteiger partial charge on any atom is 0.266 e. The van der Waals surface area contributed by atoms with Gasteiger partial charge in [0.05, 0.1) is 17.0 Å². The van der Waals surface area contributed by atoms with E-state index in [2.05, 4.69) is 11.4 Å². The summed E-state index contributed by atoms with van der Waals surface area (Å²) in [5.74, 6) is -0.557. The van der Waals surface area contributed by atoms with Gasteiger partial charge in [0.2, 0.25) is 0 Å². The molecule has 1 fully saturated rings. The van der Waals surface area contributed by atoms with Gasteiger partial charge < -0.3 is 5.32 Å². The number of carbonyl (C=O) groups is 1. The number of rotatable bonds is 5. The van der Waals surface area contributed by atoms with Crippen molar-refractivity contribution in [3.8, 4) is 5.69 Å². The van der Waals surface area contributed by atoms with Crippen molar-refractivity contribution in [2.45, 2.75) is 32.7 Å². The number of nitrogens with one attached hydrogen (secondary N) is 1. The Morgan fingerprint density at radius 1 is 1.00 bits per heavy atom. The molecular weight excluding hydrogens is 415 g/mol. The number of pyridine rings is 1. The summed E-state index contributed by atoms with van der Waals surface area (Å²) in [6.07, 6.45) is 2.10. The molecule has 0 radical (unpaired) electrons. The molecule has 166 valence electrons. The maximum atomic E-state index is 14.9. The summed E-state index contributed by atoms with van der Waals surface area (Å²) in [5, 5.41) is 3.47. The number of benzene rings is 3. The van der Waals surface area contributed by atoms with E-state index in [1.54, 1.807) is 31.2 Å². The lowest BCUT2D eigenvalue weighted by atomic mass is 9.98. The largest absolute Gasteiger partial charge is 0.345 e. The zero-order valence-corrected chi connectivity index (χ0v) is 18.6. The van der Waals surface area contributed by atoms with E-state index in [0.717, 1.165) is 24.0 Å². The summed E-state index contributed by atoms with van der Waals surface area (Å²) in [6.45, 7) is 3.78. The average molecular weight is 441 g/mol. The Hall–Kier alpha value is -3.73. The lowest BCUT2D eigenvalue weighted by Crippen LogP contribution is -2.33. The third-order valence-corrected chi connectivity index (χ3v) is 6.42. The fourth-order valence-corrected chi connectivity index (χ4v) is 4.68. The molecule has 5 heteroatoms. The number of hydrogen-bond donors (Lipinski definition) is 1. The molecule has 1 amide bonds. The van der Waals surface area contributed by atoms with Crippen LogP contribution in [0.15, 0.2) is 77.6 Å². The van der Waals surface area contributed by atoms with E-state index >= 15 is 0 Å². The van der Waals surface area contributed by atoms with Crippen LogP contribution in [-0.2, 0) is 0 Å². The number of amides is 1. The van der Waals surface area contributed by atoms with Gasteiger partial charge in [-0.1, -0.05) is 60.2 Å². The number of aromatic nitrogens is 1. The van der Waals surface area contributed by atoms with Gasteiger partial charge >= 0.3 is 0 Å². The van der Waals surface area contributed by atoms with Gasteiger partial charge in [-0.3, -0.25) is 14.2 Å². The van der Waals surface area contributed by atoms with Crippen molar-refractivity contribution in [3.63, 3.8) is 0 Å². The molecule has 0 unspecified atom stereocenters. The molecule has 0 aliphatic heterocycles. The first-order valence-corrected chi connectivity index (χ1v) is 11.2. The summed E-state index contributed by atoms with van der Waals surface area (Å²) in [4.78, 5) is 27.1. The Balaban J connectivity index is 1.68. The molecule has 0 saturated heterocycles. The second kappa shape index (κ2) is 8.32. The van der Waals surface area contributed by atoms with Crippen LogP contribution >= 0.6 is 0 Å². The van der Waals surface area contributed by atoms with Gasteiger partial charge in [0, 0.05) is 16.8 Å². The first-order valence-electron chi connectivity index (χ1n) is 11.2. The number of aryl methyl sites for hydroxylation is 1. The van der Waals surface area contributed by atoms with Crippen molar-refractivity contribution in [2.75, 3.05) is 0 Å². The molecular formula is C28H25FN2O2. The van der Waals surface area contributed by atoms with Crippen LogP contribution in [0, 0.1) is 25.6 Å². The average Bonchev–Trinajstić information content (AvgIpc) is 3.63. The minimum atomic E-state index is -0.631. The monoisotopic (exact) mass is 440 g/mol. The summed E-state index contributed by atoms with van der Waals surface area (Å²) in [6, 6.07) is 21.5. The Kier molecular flexibility index (Phi) is 5.33. The van der Waals surface area contributed by atoms with Crippen LogP contribution in [0.2, 0.25) is 0 Å². The lowest BCUT2D eigenvalue weighted by molar-refractivity contribution is 0.0932. The first-order chi connectivity index (χ1) is 16.0. The minimum absolute atomic E-state index is 0.0735. The molecule has 1 N–H and O–H groups in total. The molecule has 1 aliphatic carbocycles. The number of fused-ring (bicyclic) bond motifs is 1. The van der Waals surface area contributed by atoms with Crippen molar-refractivity contribution in [1.82, 2.24) is 9.88 Å². The highest BCUT2D eigenvalue weighted by atomic mass is 19.1. The van der Waals surface area contributed by atoms with E-state index in [0.29, 0.717) is 28.2 Å². The van der Waals surface area contributed by atoms with E-state index in [9.17, 15) is 14.0 Å². The van der Waals surface area contributed by atoms with Crippen LogP contribution in [0.25, 0.3) is 16.5 Å². The van der Waals surface area contributed by atoms with Crippen molar-refractivity contribution in [2.24, 2.45) is 5.92 Å². The summed E-state index contributed by atoms with van der Waals surface area (Å²) >= 11 is 0.